The summed E-state index contributed by atoms with van der Waals surface area (Å²) >= 11 is 7.66. The fourth-order valence-electron chi connectivity index (χ4n) is 1.24. The van der Waals surface area contributed by atoms with Crippen molar-refractivity contribution in [2.75, 3.05) is 13.1 Å². The van der Waals surface area contributed by atoms with Gasteiger partial charge < -0.3 is 4.31 Å². The van der Waals surface area contributed by atoms with Crippen molar-refractivity contribution in [1.82, 2.24) is 4.31 Å². The molecule has 0 unspecified atom stereocenters. The maximum absolute atomic E-state index is 5.89. The van der Waals surface area contributed by atoms with Crippen molar-refractivity contribution >= 4 is 29.9 Å². The molecule has 0 N–H and O–H groups in total. The average Bonchev–Trinajstić information content (AvgIpc) is 2.67. The molecule has 0 amide bonds. The Hall–Kier alpha value is -0.670. The van der Waals surface area contributed by atoms with Crippen LogP contribution in [0.1, 0.15) is 5.56 Å². The van der Waals surface area contributed by atoms with Gasteiger partial charge in [0.25, 0.3) is 0 Å². The van der Waals surface area contributed by atoms with Crippen molar-refractivity contribution in [3.05, 3.63) is 34.9 Å². The first-order valence-electron chi connectivity index (χ1n) is 4.48. The summed E-state index contributed by atoms with van der Waals surface area (Å²) in [5.41, 5.74) is 1.25. The number of benzene rings is 1. The lowest BCUT2D eigenvalue weighted by molar-refractivity contribution is 0.747. The van der Waals surface area contributed by atoms with E-state index in [-0.39, 0.29) is 0 Å². The molecule has 14 heavy (non-hydrogen) atoms. The second kappa shape index (κ2) is 4.71. The van der Waals surface area contributed by atoms with Crippen LogP contribution in [0, 0.1) is 0 Å². The molecular weight excluding hydrogens is 216 g/mol. The summed E-state index contributed by atoms with van der Waals surface area (Å²) in [5.74, 6) is 0.951. The van der Waals surface area contributed by atoms with Crippen molar-refractivity contribution in [3.8, 4) is 0 Å². The van der Waals surface area contributed by atoms with E-state index in [1.807, 2.05) is 24.5 Å². The smallest absolute Gasteiger partial charge is 0.0950 e. The van der Waals surface area contributed by atoms with Gasteiger partial charge in [0.1, 0.15) is 0 Å². The highest BCUT2D eigenvalue weighted by Gasteiger charge is 2.05. The monoisotopic (exact) mass is 226 g/mol. The maximum Gasteiger partial charge on any atom is 0.0950 e. The van der Waals surface area contributed by atoms with Crippen LogP contribution in [0.15, 0.2) is 29.3 Å². The van der Waals surface area contributed by atoms with Gasteiger partial charge in [-0.25, -0.2) is 0 Å². The molecule has 2 rings (SSSR count). The molecule has 1 aliphatic rings. The van der Waals surface area contributed by atoms with E-state index in [2.05, 4.69) is 15.4 Å². The zero-order valence-electron chi connectivity index (χ0n) is 7.69. The van der Waals surface area contributed by atoms with Crippen LogP contribution < -0.4 is 0 Å². The van der Waals surface area contributed by atoms with Gasteiger partial charge in [0.15, 0.2) is 0 Å². The SMILES string of the molecule is Clc1cccc(CSN2C=NCC2)c1. The number of halogens is 1. The van der Waals surface area contributed by atoms with Crippen LogP contribution in [0.5, 0.6) is 0 Å². The van der Waals surface area contributed by atoms with E-state index in [0.717, 1.165) is 23.9 Å². The quantitative estimate of drug-likeness (QED) is 0.737. The highest BCUT2D eigenvalue weighted by atomic mass is 35.5. The molecule has 1 aliphatic heterocycles. The van der Waals surface area contributed by atoms with Crippen LogP contribution in [-0.2, 0) is 5.75 Å². The fraction of sp³-hybridized carbons (Fsp3) is 0.300. The largest absolute Gasteiger partial charge is 0.305 e. The highest BCUT2D eigenvalue weighted by Crippen LogP contribution is 2.19. The summed E-state index contributed by atoms with van der Waals surface area (Å²) < 4.78 is 2.15. The minimum atomic E-state index is 0.804. The molecule has 2 nitrogen and oxygen atoms in total. The first kappa shape index (κ1) is 9.87. The summed E-state index contributed by atoms with van der Waals surface area (Å²) in [7, 11) is 0. The molecule has 0 saturated carbocycles. The zero-order chi connectivity index (χ0) is 9.80. The van der Waals surface area contributed by atoms with Gasteiger partial charge in [0.2, 0.25) is 0 Å². The third-order valence-corrected chi connectivity index (χ3v) is 3.25. The summed E-state index contributed by atoms with van der Waals surface area (Å²) in [6.07, 6.45) is 1.90. The lowest BCUT2D eigenvalue weighted by Gasteiger charge is -2.11. The first-order chi connectivity index (χ1) is 6.84. The zero-order valence-corrected chi connectivity index (χ0v) is 9.26. The van der Waals surface area contributed by atoms with Crippen molar-refractivity contribution in [2.24, 2.45) is 4.99 Å². The van der Waals surface area contributed by atoms with Crippen molar-refractivity contribution in [1.29, 1.82) is 0 Å². The van der Waals surface area contributed by atoms with Crippen LogP contribution in [-0.4, -0.2) is 23.7 Å². The van der Waals surface area contributed by atoms with E-state index in [9.17, 15) is 0 Å². The Labute approximate surface area is 93.1 Å². The first-order valence-corrected chi connectivity index (χ1v) is 5.80. The van der Waals surface area contributed by atoms with Gasteiger partial charge in [-0.2, -0.15) is 0 Å². The number of nitrogens with zero attached hydrogens (tertiary/aromatic N) is 2. The Bertz CT molecular complexity index is 341. The summed E-state index contributed by atoms with van der Waals surface area (Å²) in [5, 5.41) is 0.804. The van der Waals surface area contributed by atoms with Gasteiger partial charge in [0, 0.05) is 10.8 Å². The van der Waals surface area contributed by atoms with E-state index in [4.69, 9.17) is 11.6 Å². The second-order valence-corrected chi connectivity index (χ2v) is 4.52. The summed E-state index contributed by atoms with van der Waals surface area (Å²) in [4.78, 5) is 4.15. The average molecular weight is 227 g/mol. The maximum atomic E-state index is 5.89. The Morgan fingerprint density at radius 2 is 2.43 bits per heavy atom. The van der Waals surface area contributed by atoms with E-state index in [1.165, 1.54) is 5.56 Å². The lowest BCUT2D eigenvalue weighted by Crippen LogP contribution is -2.10. The van der Waals surface area contributed by atoms with Gasteiger partial charge in [-0.1, -0.05) is 23.7 Å². The number of hydrogen-bond acceptors (Lipinski definition) is 3. The second-order valence-electron chi connectivity index (χ2n) is 3.07. The predicted molar refractivity (Wildman–Crippen MR) is 62.8 cm³/mol. The predicted octanol–water partition coefficient (Wildman–Crippen LogP) is 2.83. The van der Waals surface area contributed by atoms with Gasteiger partial charge in [-0.3, -0.25) is 4.99 Å². The third kappa shape index (κ3) is 2.66. The molecule has 0 radical (unpaired) electrons. The number of aliphatic imine (C=N–C) groups is 1. The molecule has 4 heteroatoms. The molecule has 0 spiro atoms. The van der Waals surface area contributed by atoms with Crippen molar-refractivity contribution in [2.45, 2.75) is 5.75 Å². The van der Waals surface area contributed by atoms with Crippen LogP contribution in [0.3, 0.4) is 0 Å². The molecule has 0 aromatic heterocycles. The molecular formula is C10H11ClN2S. The van der Waals surface area contributed by atoms with Crippen LogP contribution >= 0.6 is 23.5 Å². The molecule has 0 bridgehead atoms. The topological polar surface area (TPSA) is 15.6 Å². The molecule has 0 atom stereocenters. The number of hydrogen-bond donors (Lipinski definition) is 0. The minimum absolute atomic E-state index is 0.804. The Kier molecular flexibility index (Phi) is 3.32. The van der Waals surface area contributed by atoms with Crippen LogP contribution in [0.25, 0.3) is 0 Å². The van der Waals surface area contributed by atoms with E-state index >= 15 is 0 Å². The van der Waals surface area contributed by atoms with E-state index < -0.39 is 0 Å². The Balaban J connectivity index is 1.88. The third-order valence-electron chi connectivity index (χ3n) is 1.95. The lowest BCUT2D eigenvalue weighted by atomic mass is 10.2. The van der Waals surface area contributed by atoms with Gasteiger partial charge in [-0.05, 0) is 29.6 Å². The highest BCUT2D eigenvalue weighted by molar-refractivity contribution is 7.96. The van der Waals surface area contributed by atoms with Crippen molar-refractivity contribution < 1.29 is 0 Å². The van der Waals surface area contributed by atoms with Crippen molar-refractivity contribution in [3.63, 3.8) is 0 Å². The Morgan fingerprint density at radius 1 is 1.50 bits per heavy atom. The molecule has 1 aromatic carbocycles. The minimum Gasteiger partial charge on any atom is -0.305 e. The van der Waals surface area contributed by atoms with E-state index in [0.29, 0.717) is 0 Å². The molecule has 1 aromatic rings. The van der Waals surface area contributed by atoms with Gasteiger partial charge in [0.05, 0.1) is 19.4 Å². The van der Waals surface area contributed by atoms with Gasteiger partial charge >= 0.3 is 0 Å². The van der Waals surface area contributed by atoms with Crippen LogP contribution in [0.2, 0.25) is 5.02 Å². The molecule has 0 fully saturated rings. The number of rotatable bonds is 3. The fourth-order valence-corrected chi connectivity index (χ4v) is 2.30. The summed E-state index contributed by atoms with van der Waals surface area (Å²) in [6, 6.07) is 7.97. The Morgan fingerprint density at radius 3 is 3.14 bits per heavy atom. The molecule has 1 heterocycles. The summed E-state index contributed by atoms with van der Waals surface area (Å²) in [6.45, 7) is 1.94. The normalized spacial score (nSPS) is 15.1. The van der Waals surface area contributed by atoms with E-state index in [1.54, 1.807) is 11.9 Å². The molecule has 0 aliphatic carbocycles. The van der Waals surface area contributed by atoms with Gasteiger partial charge in [-0.15, -0.1) is 0 Å². The molecule has 74 valence electrons. The standard InChI is InChI=1S/C10H11ClN2S/c11-10-3-1-2-9(6-10)7-14-13-5-4-12-8-13/h1-3,6,8H,4-5,7H2. The molecule has 0 saturated heterocycles. The van der Waals surface area contributed by atoms with Crippen LogP contribution in [0.4, 0.5) is 0 Å².